The Bertz CT molecular complexity index is 1170. The summed E-state index contributed by atoms with van der Waals surface area (Å²) in [7, 11) is -3.90. The van der Waals surface area contributed by atoms with Crippen molar-refractivity contribution >= 4 is 49.0 Å². The van der Waals surface area contributed by atoms with Gasteiger partial charge in [0.1, 0.15) is 6.04 Å². The average Bonchev–Trinajstić information content (AvgIpc) is 2.89. The van der Waals surface area contributed by atoms with Gasteiger partial charge in [0, 0.05) is 27.7 Å². The number of rotatable bonds is 5. The molecule has 5 nitrogen and oxygen atoms in total. The van der Waals surface area contributed by atoms with Gasteiger partial charge in [0.2, 0.25) is 15.9 Å². The zero-order valence-corrected chi connectivity index (χ0v) is 19.0. The standard InChI is InChI=1S/C22H23ClN2O3S2/c1-15-18-6-2-3-8-20(18)29-21(15)14-25(19-7-4-5-13-24-22(19)26)30(27,28)17-11-9-16(23)10-12-17/h2-3,6,8-12,19H,4-5,7,13-14H2,1H3,(H,24,26). The lowest BCUT2D eigenvalue weighted by Gasteiger charge is -2.29. The third-order valence-corrected chi connectivity index (χ3v) is 8.89. The van der Waals surface area contributed by atoms with Crippen LogP contribution in [0.4, 0.5) is 0 Å². The van der Waals surface area contributed by atoms with Gasteiger partial charge in [-0.1, -0.05) is 29.8 Å². The van der Waals surface area contributed by atoms with Gasteiger partial charge in [0.25, 0.3) is 0 Å². The highest BCUT2D eigenvalue weighted by Gasteiger charge is 2.37. The molecule has 1 atom stereocenters. The number of aryl methyl sites for hydroxylation is 1. The molecule has 0 saturated carbocycles. The smallest absolute Gasteiger partial charge is 0.244 e. The molecule has 0 radical (unpaired) electrons. The first-order valence-electron chi connectivity index (χ1n) is 9.90. The van der Waals surface area contributed by atoms with E-state index in [1.807, 2.05) is 31.2 Å². The summed E-state index contributed by atoms with van der Waals surface area (Å²) in [5, 5.41) is 4.46. The van der Waals surface area contributed by atoms with Crippen molar-refractivity contribution in [1.82, 2.24) is 9.62 Å². The number of carbonyl (C=O) groups is 1. The van der Waals surface area contributed by atoms with Crippen LogP contribution in [0.5, 0.6) is 0 Å². The fourth-order valence-electron chi connectivity index (χ4n) is 3.82. The molecule has 0 bridgehead atoms. The molecule has 30 heavy (non-hydrogen) atoms. The first kappa shape index (κ1) is 21.3. The van der Waals surface area contributed by atoms with Crippen molar-refractivity contribution in [1.29, 1.82) is 0 Å². The van der Waals surface area contributed by atoms with Gasteiger partial charge in [0.05, 0.1) is 4.90 Å². The minimum Gasteiger partial charge on any atom is -0.355 e. The maximum absolute atomic E-state index is 13.6. The van der Waals surface area contributed by atoms with Crippen LogP contribution in [0.3, 0.4) is 0 Å². The number of fused-ring (bicyclic) bond motifs is 1. The Morgan fingerprint density at radius 2 is 1.87 bits per heavy atom. The van der Waals surface area contributed by atoms with E-state index in [0.717, 1.165) is 33.4 Å². The zero-order valence-electron chi connectivity index (χ0n) is 16.6. The molecule has 3 aromatic rings. The highest BCUT2D eigenvalue weighted by Crippen LogP contribution is 2.34. The van der Waals surface area contributed by atoms with Gasteiger partial charge in [-0.25, -0.2) is 8.42 Å². The first-order chi connectivity index (χ1) is 14.4. The minimum atomic E-state index is -3.90. The van der Waals surface area contributed by atoms with Crippen molar-refractivity contribution in [3.63, 3.8) is 0 Å². The summed E-state index contributed by atoms with van der Waals surface area (Å²) in [6.07, 6.45) is 2.14. The maximum Gasteiger partial charge on any atom is 0.244 e. The van der Waals surface area contributed by atoms with Crippen molar-refractivity contribution in [3.05, 3.63) is 64.0 Å². The van der Waals surface area contributed by atoms with E-state index in [0.29, 0.717) is 18.0 Å². The van der Waals surface area contributed by atoms with Gasteiger partial charge in [-0.05, 0) is 67.5 Å². The van der Waals surface area contributed by atoms with E-state index in [9.17, 15) is 13.2 Å². The molecule has 1 N–H and O–H groups in total. The quantitative estimate of drug-likeness (QED) is 0.596. The fourth-order valence-corrected chi connectivity index (χ4v) is 6.82. The Balaban J connectivity index is 1.79. The molecule has 1 fully saturated rings. The van der Waals surface area contributed by atoms with Gasteiger partial charge in [0.15, 0.2) is 0 Å². The summed E-state index contributed by atoms with van der Waals surface area (Å²) in [5.74, 6) is -0.233. The molecule has 2 heterocycles. The molecular weight excluding hydrogens is 440 g/mol. The van der Waals surface area contributed by atoms with Crippen molar-refractivity contribution in [3.8, 4) is 0 Å². The van der Waals surface area contributed by atoms with Crippen molar-refractivity contribution in [2.45, 2.75) is 43.7 Å². The van der Waals surface area contributed by atoms with E-state index in [1.165, 1.54) is 16.4 Å². The Hall–Kier alpha value is -1.93. The second-order valence-electron chi connectivity index (χ2n) is 7.45. The van der Waals surface area contributed by atoms with Gasteiger partial charge in [-0.3, -0.25) is 4.79 Å². The molecule has 0 aliphatic carbocycles. The molecule has 1 aromatic heterocycles. The maximum atomic E-state index is 13.6. The van der Waals surface area contributed by atoms with Crippen LogP contribution in [0.15, 0.2) is 53.4 Å². The number of benzene rings is 2. The summed E-state index contributed by atoms with van der Waals surface area (Å²) in [5.41, 5.74) is 1.06. The van der Waals surface area contributed by atoms with Crippen LogP contribution >= 0.6 is 22.9 Å². The Morgan fingerprint density at radius 3 is 2.60 bits per heavy atom. The number of amides is 1. The lowest BCUT2D eigenvalue weighted by molar-refractivity contribution is -0.124. The molecule has 158 valence electrons. The second kappa shape index (κ2) is 8.67. The van der Waals surface area contributed by atoms with Crippen molar-refractivity contribution in [2.24, 2.45) is 0 Å². The lowest BCUT2D eigenvalue weighted by atomic mass is 10.1. The lowest BCUT2D eigenvalue weighted by Crippen LogP contribution is -2.48. The van der Waals surface area contributed by atoms with Gasteiger partial charge < -0.3 is 5.32 Å². The monoisotopic (exact) mass is 462 g/mol. The molecule has 8 heteroatoms. The number of halogens is 1. The summed E-state index contributed by atoms with van der Waals surface area (Å²) in [6.45, 7) is 2.74. The number of nitrogens with zero attached hydrogens (tertiary/aromatic N) is 1. The van der Waals surface area contributed by atoms with E-state index in [4.69, 9.17) is 11.6 Å². The predicted octanol–water partition coefficient (Wildman–Crippen LogP) is 4.72. The van der Waals surface area contributed by atoms with E-state index in [-0.39, 0.29) is 17.3 Å². The second-order valence-corrected chi connectivity index (χ2v) is 10.9. The van der Waals surface area contributed by atoms with E-state index in [2.05, 4.69) is 5.32 Å². The van der Waals surface area contributed by atoms with E-state index in [1.54, 1.807) is 23.5 Å². The molecule has 2 aromatic carbocycles. The average molecular weight is 463 g/mol. The molecule has 1 amide bonds. The molecule has 1 aliphatic heterocycles. The van der Waals surface area contributed by atoms with Crippen LogP contribution in [0.25, 0.3) is 10.1 Å². The molecule has 1 saturated heterocycles. The van der Waals surface area contributed by atoms with Gasteiger partial charge in [-0.2, -0.15) is 4.31 Å². The van der Waals surface area contributed by atoms with Crippen LogP contribution in [0, 0.1) is 6.92 Å². The first-order valence-corrected chi connectivity index (χ1v) is 12.5. The van der Waals surface area contributed by atoms with Gasteiger partial charge in [-0.15, -0.1) is 11.3 Å². The SMILES string of the molecule is Cc1c(CN(C2CCCCNC2=O)S(=O)(=O)c2ccc(Cl)cc2)sc2ccccc12. The van der Waals surface area contributed by atoms with Crippen molar-refractivity contribution in [2.75, 3.05) is 6.54 Å². The van der Waals surface area contributed by atoms with Crippen LogP contribution < -0.4 is 5.32 Å². The Kier molecular flexibility index (Phi) is 6.16. The van der Waals surface area contributed by atoms with E-state index < -0.39 is 16.1 Å². The highest BCUT2D eigenvalue weighted by atomic mass is 35.5. The van der Waals surface area contributed by atoms with Crippen LogP contribution in [0.1, 0.15) is 29.7 Å². The molecule has 1 aliphatic rings. The Morgan fingerprint density at radius 1 is 1.13 bits per heavy atom. The number of nitrogens with one attached hydrogen (secondary N) is 1. The van der Waals surface area contributed by atoms with Crippen molar-refractivity contribution < 1.29 is 13.2 Å². The fraction of sp³-hybridized carbons (Fsp3) is 0.318. The minimum absolute atomic E-state index is 0.141. The molecule has 4 rings (SSSR count). The summed E-state index contributed by atoms with van der Waals surface area (Å²) in [4.78, 5) is 13.9. The number of thiophene rings is 1. The number of hydrogen-bond acceptors (Lipinski definition) is 4. The molecule has 1 unspecified atom stereocenters. The normalized spacial score (nSPS) is 17.8. The van der Waals surface area contributed by atoms with Crippen LogP contribution in [0.2, 0.25) is 5.02 Å². The topological polar surface area (TPSA) is 66.5 Å². The number of hydrogen-bond donors (Lipinski definition) is 1. The molecule has 0 spiro atoms. The third kappa shape index (κ3) is 4.12. The highest BCUT2D eigenvalue weighted by molar-refractivity contribution is 7.89. The number of sulfonamides is 1. The summed E-state index contributed by atoms with van der Waals surface area (Å²) < 4.78 is 29.8. The van der Waals surface area contributed by atoms with E-state index >= 15 is 0 Å². The largest absolute Gasteiger partial charge is 0.355 e. The molecular formula is C22H23ClN2O3S2. The van der Waals surface area contributed by atoms with Crippen LogP contribution in [-0.4, -0.2) is 31.2 Å². The summed E-state index contributed by atoms with van der Waals surface area (Å²) >= 11 is 7.54. The Labute approximate surface area is 185 Å². The van der Waals surface area contributed by atoms with Gasteiger partial charge >= 0.3 is 0 Å². The summed E-state index contributed by atoms with van der Waals surface area (Å²) in [6, 6.07) is 13.4. The zero-order chi connectivity index (χ0) is 21.3. The third-order valence-electron chi connectivity index (χ3n) is 5.52. The number of carbonyl (C=O) groups excluding carboxylic acids is 1. The predicted molar refractivity (Wildman–Crippen MR) is 121 cm³/mol. The van der Waals surface area contributed by atoms with Crippen LogP contribution in [-0.2, 0) is 21.4 Å².